The summed E-state index contributed by atoms with van der Waals surface area (Å²) >= 11 is 0. The second-order valence-corrected chi connectivity index (χ2v) is 6.61. The van der Waals surface area contributed by atoms with E-state index in [1.807, 2.05) is 31.2 Å². The number of amides is 1. The van der Waals surface area contributed by atoms with Crippen molar-refractivity contribution in [3.05, 3.63) is 41.1 Å². The van der Waals surface area contributed by atoms with E-state index in [-0.39, 0.29) is 5.91 Å². The van der Waals surface area contributed by atoms with Gasteiger partial charge in [0.25, 0.3) is 0 Å². The molecule has 2 aromatic rings. The monoisotopic (exact) mass is 303 g/mol. The number of aryl methyl sites for hydroxylation is 1. The number of nitrogens with zero attached hydrogens (tertiary/aromatic N) is 2. The quantitative estimate of drug-likeness (QED) is 0.946. The first-order chi connectivity index (χ1) is 10.1. The van der Waals surface area contributed by atoms with Gasteiger partial charge in [-0.3, -0.25) is 9.00 Å². The summed E-state index contributed by atoms with van der Waals surface area (Å²) in [7, 11) is -0.911. The second-order valence-electron chi connectivity index (χ2n) is 5.15. The van der Waals surface area contributed by atoms with Crippen molar-refractivity contribution in [2.75, 3.05) is 5.32 Å². The molecular weight excluding hydrogens is 286 g/mol. The van der Waals surface area contributed by atoms with Crippen LogP contribution in [0.3, 0.4) is 0 Å². The topological polar surface area (TPSA) is 64.0 Å². The molecule has 110 valence electrons. The van der Waals surface area contributed by atoms with E-state index in [0.717, 1.165) is 16.9 Å². The van der Waals surface area contributed by atoms with Gasteiger partial charge in [-0.15, -0.1) is 0 Å². The molecule has 0 radical (unpaired) electrons. The highest BCUT2D eigenvalue weighted by Gasteiger charge is 2.27. The molecule has 1 aliphatic heterocycles. The van der Waals surface area contributed by atoms with E-state index >= 15 is 0 Å². The summed E-state index contributed by atoms with van der Waals surface area (Å²) in [6.45, 7) is 3.83. The lowest BCUT2D eigenvalue weighted by molar-refractivity contribution is -0.115. The van der Waals surface area contributed by atoms with Gasteiger partial charge < -0.3 is 5.32 Å². The van der Waals surface area contributed by atoms with E-state index in [2.05, 4.69) is 10.4 Å². The highest BCUT2D eigenvalue weighted by atomic mass is 32.2. The number of rotatable bonds is 3. The lowest BCUT2D eigenvalue weighted by Gasteiger charge is -2.10. The Kier molecular flexibility index (Phi) is 3.63. The van der Waals surface area contributed by atoms with Crippen LogP contribution in [0.5, 0.6) is 0 Å². The highest BCUT2D eigenvalue weighted by Crippen LogP contribution is 2.31. The van der Waals surface area contributed by atoms with E-state index in [9.17, 15) is 9.00 Å². The Morgan fingerprint density at radius 3 is 2.71 bits per heavy atom. The minimum atomic E-state index is -0.911. The van der Waals surface area contributed by atoms with Gasteiger partial charge in [0.15, 0.2) is 0 Å². The summed E-state index contributed by atoms with van der Waals surface area (Å²) in [6.07, 6.45) is 0.400. The Labute approximate surface area is 125 Å². The summed E-state index contributed by atoms with van der Waals surface area (Å²) in [5.74, 6) is 1.51. The van der Waals surface area contributed by atoms with Crippen LogP contribution in [-0.2, 0) is 27.1 Å². The fourth-order valence-electron chi connectivity index (χ4n) is 2.35. The zero-order chi connectivity index (χ0) is 15.0. The molecule has 1 aliphatic rings. The van der Waals surface area contributed by atoms with Gasteiger partial charge in [-0.05, 0) is 19.1 Å². The number of fused-ring (bicyclic) bond motifs is 1. The highest BCUT2D eigenvalue weighted by molar-refractivity contribution is 7.83. The van der Waals surface area contributed by atoms with Crippen LogP contribution >= 0.6 is 0 Å². The van der Waals surface area contributed by atoms with Gasteiger partial charge in [0.2, 0.25) is 5.91 Å². The van der Waals surface area contributed by atoms with Gasteiger partial charge in [0, 0.05) is 22.8 Å². The van der Waals surface area contributed by atoms with Crippen LogP contribution in [0, 0.1) is 6.92 Å². The Morgan fingerprint density at radius 1 is 1.33 bits per heavy atom. The zero-order valence-corrected chi connectivity index (χ0v) is 12.9. The van der Waals surface area contributed by atoms with Crippen molar-refractivity contribution in [2.45, 2.75) is 31.8 Å². The van der Waals surface area contributed by atoms with Gasteiger partial charge in [-0.25, -0.2) is 4.68 Å². The van der Waals surface area contributed by atoms with Crippen molar-refractivity contribution >= 4 is 22.5 Å². The molecule has 5 nitrogen and oxygen atoms in total. The molecular formula is C15H17N3O2S. The van der Waals surface area contributed by atoms with E-state index in [0.29, 0.717) is 23.7 Å². The number of hydrogen-bond acceptors (Lipinski definition) is 3. The van der Waals surface area contributed by atoms with Crippen LogP contribution in [0.15, 0.2) is 24.3 Å². The van der Waals surface area contributed by atoms with E-state index in [1.54, 1.807) is 11.6 Å². The standard InChI is InChI=1S/C15H17N3O2S/c1-3-14(19)16-15-12-8-21(20)9-13(12)17-18(15)11-6-4-10(2)5-7-11/h4-7H,3,8-9H2,1-2H3,(H,16,19). The van der Waals surface area contributed by atoms with Crippen molar-refractivity contribution < 1.29 is 9.00 Å². The molecule has 6 heteroatoms. The van der Waals surface area contributed by atoms with Gasteiger partial charge in [0.1, 0.15) is 5.82 Å². The maximum absolute atomic E-state index is 11.8. The minimum Gasteiger partial charge on any atom is -0.310 e. The molecule has 0 bridgehead atoms. The predicted octanol–water partition coefficient (Wildman–Crippen LogP) is 2.29. The van der Waals surface area contributed by atoms with Crippen LogP contribution in [-0.4, -0.2) is 19.9 Å². The number of hydrogen-bond donors (Lipinski definition) is 1. The second kappa shape index (κ2) is 5.44. The molecule has 0 fully saturated rings. The Hall–Kier alpha value is -1.95. The van der Waals surface area contributed by atoms with E-state index in [1.165, 1.54) is 5.56 Å². The lowest BCUT2D eigenvalue weighted by Crippen LogP contribution is -2.15. The van der Waals surface area contributed by atoms with Crippen molar-refractivity contribution in [1.29, 1.82) is 0 Å². The van der Waals surface area contributed by atoms with Gasteiger partial charge in [-0.1, -0.05) is 24.6 Å². The fraction of sp³-hybridized carbons (Fsp3) is 0.333. The van der Waals surface area contributed by atoms with Crippen LogP contribution < -0.4 is 5.32 Å². The lowest BCUT2D eigenvalue weighted by atomic mass is 10.2. The largest absolute Gasteiger partial charge is 0.310 e. The third-order valence-corrected chi connectivity index (χ3v) is 4.73. The van der Waals surface area contributed by atoms with E-state index < -0.39 is 10.8 Å². The average molecular weight is 303 g/mol. The number of nitrogens with one attached hydrogen (secondary N) is 1. The molecule has 1 N–H and O–H groups in total. The first kappa shape index (κ1) is 14.0. The Bertz CT molecular complexity index is 719. The van der Waals surface area contributed by atoms with Crippen molar-refractivity contribution in [2.24, 2.45) is 0 Å². The third-order valence-electron chi connectivity index (χ3n) is 3.53. The number of anilines is 1. The molecule has 1 unspecified atom stereocenters. The van der Waals surface area contributed by atoms with Crippen molar-refractivity contribution in [1.82, 2.24) is 9.78 Å². The van der Waals surface area contributed by atoms with Crippen molar-refractivity contribution in [3.8, 4) is 5.69 Å². The van der Waals surface area contributed by atoms with Crippen LogP contribution in [0.25, 0.3) is 5.69 Å². The van der Waals surface area contributed by atoms with E-state index in [4.69, 9.17) is 0 Å². The molecule has 1 atom stereocenters. The molecule has 3 rings (SSSR count). The smallest absolute Gasteiger partial charge is 0.225 e. The van der Waals surface area contributed by atoms with Gasteiger partial charge in [0.05, 0.1) is 22.9 Å². The summed E-state index contributed by atoms with van der Waals surface area (Å²) < 4.78 is 13.5. The molecule has 0 spiro atoms. The maximum Gasteiger partial charge on any atom is 0.225 e. The molecule has 2 heterocycles. The molecule has 21 heavy (non-hydrogen) atoms. The van der Waals surface area contributed by atoms with Gasteiger partial charge in [-0.2, -0.15) is 5.10 Å². The first-order valence-corrected chi connectivity index (χ1v) is 8.40. The first-order valence-electron chi connectivity index (χ1n) is 6.91. The number of carbonyl (C=O) groups is 1. The Balaban J connectivity index is 2.08. The van der Waals surface area contributed by atoms with Crippen LogP contribution in [0.2, 0.25) is 0 Å². The average Bonchev–Trinajstić information content (AvgIpc) is 2.97. The summed E-state index contributed by atoms with van der Waals surface area (Å²) in [4.78, 5) is 11.8. The fourth-order valence-corrected chi connectivity index (χ4v) is 3.61. The number of carbonyl (C=O) groups excluding carboxylic acids is 1. The molecule has 0 saturated carbocycles. The summed E-state index contributed by atoms with van der Waals surface area (Å²) in [5.41, 5.74) is 3.78. The molecule has 1 amide bonds. The number of aromatic nitrogens is 2. The summed E-state index contributed by atoms with van der Waals surface area (Å²) in [6, 6.07) is 7.95. The molecule has 1 aromatic carbocycles. The van der Waals surface area contributed by atoms with Crippen LogP contribution in [0.1, 0.15) is 30.2 Å². The SMILES string of the molecule is CCC(=O)Nc1c2c(nn1-c1ccc(C)cc1)CS(=O)C2. The Morgan fingerprint density at radius 2 is 2.05 bits per heavy atom. The van der Waals surface area contributed by atoms with Crippen molar-refractivity contribution in [3.63, 3.8) is 0 Å². The molecule has 0 saturated heterocycles. The number of benzene rings is 1. The normalized spacial score (nSPS) is 16.8. The molecule has 1 aromatic heterocycles. The molecule has 0 aliphatic carbocycles. The minimum absolute atomic E-state index is 0.0660. The zero-order valence-electron chi connectivity index (χ0n) is 12.0. The maximum atomic E-state index is 11.8. The summed E-state index contributed by atoms with van der Waals surface area (Å²) in [5, 5.41) is 7.44. The van der Waals surface area contributed by atoms with Crippen LogP contribution in [0.4, 0.5) is 5.82 Å². The predicted molar refractivity (Wildman–Crippen MR) is 82.8 cm³/mol. The third kappa shape index (κ3) is 2.63. The van der Waals surface area contributed by atoms with Gasteiger partial charge >= 0.3 is 0 Å².